The topological polar surface area (TPSA) is 38.7 Å². The molecule has 3 nitrogen and oxygen atoms in total. The van der Waals surface area contributed by atoms with Crippen molar-refractivity contribution in [2.24, 2.45) is 4.99 Å². The van der Waals surface area contributed by atoms with Crippen LogP contribution in [0.25, 0.3) is 5.57 Å². The number of esters is 1. The maximum absolute atomic E-state index is 13.4. The summed E-state index contributed by atoms with van der Waals surface area (Å²) in [5.74, 6) is 0.0721. The van der Waals surface area contributed by atoms with Crippen LogP contribution in [0.5, 0.6) is 0 Å². The molecular formula is C31H25NO2. The van der Waals surface area contributed by atoms with Crippen LogP contribution in [-0.2, 0) is 16.0 Å². The Kier molecular flexibility index (Phi) is 6.17. The van der Waals surface area contributed by atoms with Crippen LogP contribution in [0, 0.1) is 0 Å². The fourth-order valence-corrected chi connectivity index (χ4v) is 4.30. The first kappa shape index (κ1) is 21.6. The van der Waals surface area contributed by atoms with Gasteiger partial charge in [-0.1, -0.05) is 115 Å². The second-order valence-corrected chi connectivity index (χ2v) is 8.42. The summed E-state index contributed by atoms with van der Waals surface area (Å²) in [7, 11) is 0. The predicted molar refractivity (Wildman–Crippen MR) is 137 cm³/mol. The van der Waals surface area contributed by atoms with Gasteiger partial charge in [0.05, 0.1) is 0 Å². The third kappa shape index (κ3) is 4.60. The van der Waals surface area contributed by atoms with Crippen molar-refractivity contribution in [3.05, 3.63) is 150 Å². The number of ether oxygens (including phenoxy) is 1. The number of hydrogen-bond acceptors (Lipinski definition) is 3. The summed E-state index contributed by atoms with van der Waals surface area (Å²) in [5, 5.41) is 0. The van der Waals surface area contributed by atoms with Crippen molar-refractivity contribution in [2.75, 3.05) is 0 Å². The van der Waals surface area contributed by atoms with Crippen LogP contribution < -0.4 is 0 Å². The molecule has 0 aliphatic carbocycles. The number of benzene rings is 4. The zero-order valence-electron chi connectivity index (χ0n) is 18.8. The zero-order valence-corrected chi connectivity index (χ0v) is 18.8. The number of carbonyl (C=O) groups excluding carboxylic acids is 1. The summed E-state index contributed by atoms with van der Waals surface area (Å²) >= 11 is 0. The van der Waals surface area contributed by atoms with E-state index in [4.69, 9.17) is 9.73 Å². The average molecular weight is 444 g/mol. The summed E-state index contributed by atoms with van der Waals surface area (Å²) in [4.78, 5) is 18.3. The quantitative estimate of drug-likeness (QED) is 0.306. The summed E-state index contributed by atoms with van der Waals surface area (Å²) in [6.07, 6.45) is 3.03. The number of cyclic esters (lactones) is 1. The van der Waals surface area contributed by atoms with Crippen molar-refractivity contribution in [3.8, 4) is 0 Å². The Morgan fingerprint density at radius 3 is 1.76 bits per heavy atom. The highest BCUT2D eigenvalue weighted by Crippen LogP contribution is 2.34. The Balaban J connectivity index is 1.58. The fraction of sp³-hybridized carbons (Fsp3) is 0.0968. The van der Waals surface area contributed by atoms with E-state index in [0.717, 1.165) is 27.8 Å². The largest absolute Gasteiger partial charge is 0.405 e. The van der Waals surface area contributed by atoms with E-state index in [1.54, 1.807) is 0 Å². The average Bonchev–Trinajstić information content (AvgIpc) is 3.22. The van der Waals surface area contributed by atoms with Crippen molar-refractivity contribution in [2.45, 2.75) is 18.4 Å². The molecule has 166 valence electrons. The number of carbonyl (C=O) groups is 1. The molecule has 0 saturated carbocycles. The van der Waals surface area contributed by atoms with Gasteiger partial charge in [0.2, 0.25) is 5.90 Å². The number of hydrogen-bond donors (Lipinski definition) is 0. The zero-order chi connectivity index (χ0) is 23.2. The van der Waals surface area contributed by atoms with Gasteiger partial charge in [0, 0.05) is 18.4 Å². The smallest absolute Gasteiger partial charge is 0.341 e. The second kappa shape index (κ2) is 9.72. The van der Waals surface area contributed by atoms with Crippen LogP contribution in [-0.4, -0.2) is 17.4 Å². The molecule has 34 heavy (non-hydrogen) atoms. The Labute approximate surface area is 200 Å². The van der Waals surface area contributed by atoms with Gasteiger partial charge in [-0.2, -0.15) is 0 Å². The van der Waals surface area contributed by atoms with Gasteiger partial charge in [0.25, 0.3) is 0 Å². The van der Waals surface area contributed by atoms with Gasteiger partial charge in [0.15, 0.2) is 5.54 Å². The van der Waals surface area contributed by atoms with E-state index in [1.807, 2.05) is 97.1 Å². The summed E-state index contributed by atoms with van der Waals surface area (Å²) in [6.45, 7) is 0. The molecule has 0 N–H and O–H groups in total. The maximum atomic E-state index is 13.4. The number of aliphatic imine (C=N–C) groups is 1. The molecule has 0 unspecified atom stereocenters. The van der Waals surface area contributed by atoms with E-state index in [2.05, 4.69) is 30.3 Å². The Bertz CT molecular complexity index is 1270. The first-order valence-electron chi connectivity index (χ1n) is 11.5. The lowest BCUT2D eigenvalue weighted by Crippen LogP contribution is -2.36. The molecule has 0 saturated heterocycles. The molecule has 0 spiro atoms. The Morgan fingerprint density at radius 2 is 1.21 bits per heavy atom. The van der Waals surface area contributed by atoms with Crippen LogP contribution in [0.4, 0.5) is 0 Å². The van der Waals surface area contributed by atoms with E-state index in [1.165, 1.54) is 0 Å². The van der Waals surface area contributed by atoms with Gasteiger partial charge in [-0.3, -0.25) is 0 Å². The maximum Gasteiger partial charge on any atom is 0.341 e. The van der Waals surface area contributed by atoms with Crippen molar-refractivity contribution >= 4 is 17.4 Å². The van der Waals surface area contributed by atoms with E-state index in [0.29, 0.717) is 18.7 Å². The minimum Gasteiger partial charge on any atom is -0.405 e. The highest BCUT2D eigenvalue weighted by Gasteiger charge is 2.45. The van der Waals surface area contributed by atoms with Crippen LogP contribution >= 0.6 is 0 Å². The third-order valence-electron chi connectivity index (χ3n) is 6.06. The number of rotatable bonds is 7. The minimum absolute atomic E-state index is 0.313. The highest BCUT2D eigenvalue weighted by molar-refractivity contribution is 6.08. The van der Waals surface area contributed by atoms with E-state index >= 15 is 0 Å². The first-order valence-corrected chi connectivity index (χ1v) is 11.5. The van der Waals surface area contributed by atoms with Gasteiger partial charge >= 0.3 is 5.97 Å². The normalized spacial score (nSPS) is 17.1. The minimum atomic E-state index is -1.03. The first-order chi connectivity index (χ1) is 16.7. The molecule has 4 aromatic carbocycles. The summed E-state index contributed by atoms with van der Waals surface area (Å²) in [6, 6.07) is 40.1. The summed E-state index contributed by atoms with van der Waals surface area (Å²) < 4.78 is 5.76. The second-order valence-electron chi connectivity index (χ2n) is 8.42. The Hall–Kier alpha value is -4.24. The van der Waals surface area contributed by atoms with Crippen molar-refractivity contribution in [1.82, 2.24) is 0 Å². The standard InChI is InChI=1S/C31H25NO2/c33-30-31(23-24-13-5-1-6-14-24,32-29(34-30)27-19-11-4-12-20-27)22-21-28(25-15-7-2-8-16-25)26-17-9-3-10-18-26/h1-21H,22-23H2/t31-/m1/s1. The van der Waals surface area contributed by atoms with Crippen molar-refractivity contribution in [3.63, 3.8) is 0 Å². The molecule has 4 aromatic rings. The molecule has 1 aliphatic rings. The monoisotopic (exact) mass is 443 g/mol. The highest BCUT2D eigenvalue weighted by atomic mass is 16.6. The molecule has 0 radical (unpaired) electrons. The van der Waals surface area contributed by atoms with Gasteiger partial charge in [0.1, 0.15) is 0 Å². The molecule has 1 atom stereocenters. The lowest BCUT2D eigenvalue weighted by molar-refractivity contribution is -0.138. The predicted octanol–water partition coefficient (Wildman–Crippen LogP) is 6.49. The molecule has 5 rings (SSSR count). The molecule has 0 fully saturated rings. The fourth-order valence-electron chi connectivity index (χ4n) is 4.30. The van der Waals surface area contributed by atoms with E-state index in [9.17, 15) is 4.79 Å². The van der Waals surface area contributed by atoms with Gasteiger partial charge in [-0.05, 0) is 34.4 Å². The number of nitrogens with zero attached hydrogens (tertiary/aromatic N) is 1. The molecule has 3 heteroatoms. The van der Waals surface area contributed by atoms with E-state index in [-0.39, 0.29) is 5.97 Å². The van der Waals surface area contributed by atoms with Crippen LogP contribution in [0.1, 0.15) is 28.7 Å². The van der Waals surface area contributed by atoms with Crippen LogP contribution in [0.15, 0.2) is 132 Å². The van der Waals surface area contributed by atoms with E-state index < -0.39 is 5.54 Å². The third-order valence-corrected chi connectivity index (χ3v) is 6.06. The Morgan fingerprint density at radius 1 is 0.706 bits per heavy atom. The molecule has 1 heterocycles. The molecule has 0 aromatic heterocycles. The van der Waals surface area contributed by atoms with Crippen LogP contribution in [0.3, 0.4) is 0 Å². The summed E-state index contributed by atoms with van der Waals surface area (Å²) in [5.41, 5.74) is 4.10. The van der Waals surface area contributed by atoms with Crippen molar-refractivity contribution in [1.29, 1.82) is 0 Å². The molecule has 0 amide bonds. The van der Waals surface area contributed by atoms with Gasteiger partial charge < -0.3 is 4.74 Å². The lowest BCUT2D eigenvalue weighted by atomic mass is 9.86. The van der Waals surface area contributed by atoms with Gasteiger partial charge in [-0.15, -0.1) is 0 Å². The van der Waals surface area contributed by atoms with Crippen molar-refractivity contribution < 1.29 is 9.53 Å². The molecular weight excluding hydrogens is 418 g/mol. The van der Waals surface area contributed by atoms with Crippen LogP contribution in [0.2, 0.25) is 0 Å². The molecule has 1 aliphatic heterocycles. The van der Waals surface area contributed by atoms with Gasteiger partial charge in [-0.25, -0.2) is 9.79 Å². The SMILES string of the molecule is O=C1OC(c2ccccc2)=N[C@]1(CC=C(c1ccccc1)c1ccccc1)Cc1ccccc1. The molecule has 0 bridgehead atoms. The lowest BCUT2D eigenvalue weighted by Gasteiger charge is -2.21.